The summed E-state index contributed by atoms with van der Waals surface area (Å²) >= 11 is 0. The molecule has 0 radical (unpaired) electrons. The SMILES string of the molecule is CC(C)(C)n1cc(CN2CCC3(CCNC3)C2)cn1. The first-order chi connectivity index (χ1) is 8.97. The molecule has 3 rings (SSSR count). The van der Waals surface area contributed by atoms with Crippen molar-refractivity contribution in [1.82, 2.24) is 20.0 Å². The first-order valence-corrected chi connectivity index (χ1v) is 7.44. The average Bonchev–Trinajstić information content (AvgIpc) is 3.01. The van der Waals surface area contributed by atoms with Crippen molar-refractivity contribution in [3.05, 3.63) is 18.0 Å². The lowest BCUT2D eigenvalue weighted by molar-refractivity contribution is 0.268. The van der Waals surface area contributed by atoms with Crippen molar-refractivity contribution in [1.29, 1.82) is 0 Å². The Morgan fingerprint density at radius 3 is 2.84 bits per heavy atom. The molecule has 0 aliphatic carbocycles. The van der Waals surface area contributed by atoms with Gasteiger partial charge in [-0.2, -0.15) is 5.10 Å². The molecule has 1 aromatic rings. The molecule has 106 valence electrons. The standard InChI is InChI=1S/C15H26N4/c1-14(2,3)19-10-13(8-17-19)9-18-7-5-15(12-18)4-6-16-11-15/h8,10,16H,4-7,9,11-12H2,1-3H3. The molecule has 1 N–H and O–H groups in total. The fourth-order valence-corrected chi connectivity index (χ4v) is 3.37. The van der Waals surface area contributed by atoms with E-state index in [4.69, 9.17) is 0 Å². The maximum atomic E-state index is 4.50. The van der Waals surface area contributed by atoms with Crippen LogP contribution in [0.1, 0.15) is 39.2 Å². The highest BCUT2D eigenvalue weighted by Gasteiger charge is 2.40. The second-order valence-corrected chi connectivity index (χ2v) is 7.35. The number of nitrogens with zero attached hydrogens (tertiary/aromatic N) is 3. The van der Waals surface area contributed by atoms with Crippen molar-refractivity contribution >= 4 is 0 Å². The van der Waals surface area contributed by atoms with E-state index < -0.39 is 0 Å². The highest BCUT2D eigenvalue weighted by Crippen LogP contribution is 2.36. The smallest absolute Gasteiger partial charge is 0.0543 e. The summed E-state index contributed by atoms with van der Waals surface area (Å²) < 4.78 is 2.07. The van der Waals surface area contributed by atoms with E-state index in [1.807, 2.05) is 6.20 Å². The van der Waals surface area contributed by atoms with Crippen molar-refractivity contribution in [2.45, 2.75) is 45.7 Å². The molecule has 2 aliphatic heterocycles. The summed E-state index contributed by atoms with van der Waals surface area (Å²) in [7, 11) is 0. The van der Waals surface area contributed by atoms with Gasteiger partial charge in [-0.1, -0.05) is 0 Å². The van der Waals surface area contributed by atoms with E-state index in [9.17, 15) is 0 Å². The van der Waals surface area contributed by atoms with Crippen LogP contribution in [0.3, 0.4) is 0 Å². The lowest BCUT2D eigenvalue weighted by atomic mass is 9.87. The molecule has 4 heteroatoms. The van der Waals surface area contributed by atoms with E-state index in [1.165, 1.54) is 44.6 Å². The zero-order valence-electron chi connectivity index (χ0n) is 12.4. The fraction of sp³-hybridized carbons (Fsp3) is 0.800. The monoisotopic (exact) mass is 262 g/mol. The number of hydrogen-bond donors (Lipinski definition) is 1. The third kappa shape index (κ3) is 2.70. The Bertz CT molecular complexity index is 437. The topological polar surface area (TPSA) is 33.1 Å². The highest BCUT2D eigenvalue weighted by atomic mass is 15.3. The molecular formula is C15H26N4. The number of nitrogens with one attached hydrogen (secondary N) is 1. The van der Waals surface area contributed by atoms with Crippen LogP contribution in [0.25, 0.3) is 0 Å². The van der Waals surface area contributed by atoms with E-state index in [0.29, 0.717) is 5.41 Å². The lowest BCUT2D eigenvalue weighted by Crippen LogP contribution is -2.28. The van der Waals surface area contributed by atoms with Gasteiger partial charge in [0.1, 0.15) is 0 Å². The summed E-state index contributed by atoms with van der Waals surface area (Å²) in [6.07, 6.45) is 6.94. The Hall–Kier alpha value is -0.870. The quantitative estimate of drug-likeness (QED) is 0.882. The first-order valence-electron chi connectivity index (χ1n) is 7.44. The zero-order valence-corrected chi connectivity index (χ0v) is 12.4. The minimum absolute atomic E-state index is 0.0832. The predicted molar refractivity (Wildman–Crippen MR) is 77.0 cm³/mol. The van der Waals surface area contributed by atoms with Crippen LogP contribution >= 0.6 is 0 Å². The third-order valence-corrected chi connectivity index (χ3v) is 4.58. The molecule has 1 aromatic heterocycles. The lowest BCUT2D eigenvalue weighted by Gasteiger charge is -2.22. The van der Waals surface area contributed by atoms with Gasteiger partial charge < -0.3 is 5.32 Å². The third-order valence-electron chi connectivity index (χ3n) is 4.58. The zero-order chi connectivity index (χ0) is 13.5. The summed E-state index contributed by atoms with van der Waals surface area (Å²) in [5.74, 6) is 0. The van der Waals surface area contributed by atoms with Gasteiger partial charge in [0, 0.05) is 31.4 Å². The molecular weight excluding hydrogens is 236 g/mol. The van der Waals surface area contributed by atoms with Gasteiger partial charge in [0.25, 0.3) is 0 Å². The normalized spacial score (nSPS) is 28.6. The number of likely N-dealkylation sites (tertiary alicyclic amines) is 1. The number of rotatable bonds is 2. The first kappa shape index (κ1) is 13.1. The van der Waals surface area contributed by atoms with Crippen molar-refractivity contribution in [2.24, 2.45) is 5.41 Å². The number of aromatic nitrogens is 2. The van der Waals surface area contributed by atoms with Gasteiger partial charge in [0.15, 0.2) is 0 Å². The summed E-state index contributed by atoms with van der Waals surface area (Å²) in [4.78, 5) is 2.59. The molecule has 0 aromatic carbocycles. The van der Waals surface area contributed by atoms with Crippen LogP contribution in [0.15, 0.2) is 12.4 Å². The van der Waals surface area contributed by atoms with E-state index in [0.717, 1.165) is 6.54 Å². The maximum absolute atomic E-state index is 4.50. The molecule has 0 bridgehead atoms. The highest BCUT2D eigenvalue weighted by molar-refractivity contribution is 5.07. The Balaban J connectivity index is 1.62. The van der Waals surface area contributed by atoms with E-state index in [-0.39, 0.29) is 5.54 Å². The van der Waals surface area contributed by atoms with Crippen molar-refractivity contribution in [3.8, 4) is 0 Å². The van der Waals surface area contributed by atoms with Crippen LogP contribution in [0.5, 0.6) is 0 Å². The van der Waals surface area contributed by atoms with Crippen LogP contribution in [-0.2, 0) is 12.1 Å². The van der Waals surface area contributed by atoms with Gasteiger partial charge in [-0.25, -0.2) is 0 Å². The molecule has 0 saturated carbocycles. The van der Waals surface area contributed by atoms with Crippen LogP contribution < -0.4 is 5.32 Å². The van der Waals surface area contributed by atoms with E-state index >= 15 is 0 Å². The van der Waals surface area contributed by atoms with Gasteiger partial charge in [0.05, 0.1) is 11.7 Å². The van der Waals surface area contributed by atoms with Gasteiger partial charge in [-0.3, -0.25) is 9.58 Å². The Morgan fingerprint density at radius 2 is 2.21 bits per heavy atom. The van der Waals surface area contributed by atoms with Crippen LogP contribution in [0.2, 0.25) is 0 Å². The predicted octanol–water partition coefficient (Wildman–Crippen LogP) is 1.82. The Labute approximate surface area is 116 Å². The Morgan fingerprint density at radius 1 is 1.37 bits per heavy atom. The van der Waals surface area contributed by atoms with Gasteiger partial charge >= 0.3 is 0 Å². The summed E-state index contributed by atoms with van der Waals surface area (Å²) in [6.45, 7) is 12.5. The van der Waals surface area contributed by atoms with E-state index in [2.05, 4.69) is 47.0 Å². The summed E-state index contributed by atoms with van der Waals surface area (Å²) in [6, 6.07) is 0. The molecule has 3 heterocycles. The van der Waals surface area contributed by atoms with Crippen molar-refractivity contribution in [3.63, 3.8) is 0 Å². The van der Waals surface area contributed by atoms with Gasteiger partial charge in [-0.05, 0) is 52.1 Å². The molecule has 0 amide bonds. The van der Waals surface area contributed by atoms with Crippen molar-refractivity contribution in [2.75, 3.05) is 26.2 Å². The van der Waals surface area contributed by atoms with Gasteiger partial charge in [0.2, 0.25) is 0 Å². The van der Waals surface area contributed by atoms with Crippen LogP contribution in [0.4, 0.5) is 0 Å². The molecule has 2 saturated heterocycles. The molecule has 1 atom stereocenters. The Kier molecular flexibility index (Phi) is 3.18. The molecule has 19 heavy (non-hydrogen) atoms. The maximum Gasteiger partial charge on any atom is 0.0543 e. The second-order valence-electron chi connectivity index (χ2n) is 7.35. The minimum atomic E-state index is 0.0832. The molecule has 4 nitrogen and oxygen atoms in total. The van der Waals surface area contributed by atoms with Crippen LogP contribution in [-0.4, -0.2) is 40.9 Å². The molecule has 2 fully saturated rings. The second kappa shape index (κ2) is 4.60. The number of hydrogen-bond acceptors (Lipinski definition) is 3. The molecule has 2 aliphatic rings. The summed E-state index contributed by atoms with van der Waals surface area (Å²) in [5, 5.41) is 8.02. The van der Waals surface area contributed by atoms with Gasteiger partial charge in [-0.15, -0.1) is 0 Å². The summed E-state index contributed by atoms with van der Waals surface area (Å²) in [5.41, 5.74) is 2.00. The van der Waals surface area contributed by atoms with Crippen LogP contribution in [0, 0.1) is 5.41 Å². The average molecular weight is 262 g/mol. The largest absolute Gasteiger partial charge is 0.316 e. The molecule has 1 unspecified atom stereocenters. The molecule has 1 spiro atoms. The van der Waals surface area contributed by atoms with Crippen molar-refractivity contribution < 1.29 is 0 Å². The van der Waals surface area contributed by atoms with E-state index in [1.54, 1.807) is 0 Å². The minimum Gasteiger partial charge on any atom is -0.316 e. The fourth-order valence-electron chi connectivity index (χ4n) is 3.37.